The van der Waals surface area contributed by atoms with Crippen molar-refractivity contribution < 1.29 is 0 Å². The van der Waals surface area contributed by atoms with Gasteiger partial charge in [0, 0.05) is 38.7 Å². The molecule has 10 aromatic rings. The predicted molar refractivity (Wildman–Crippen MR) is 251 cm³/mol. The monoisotopic (exact) mass is 769 g/mol. The Labute approximate surface area is 348 Å². The van der Waals surface area contributed by atoms with Crippen molar-refractivity contribution in [2.75, 3.05) is 4.90 Å². The van der Waals surface area contributed by atoms with Crippen LogP contribution in [0.25, 0.3) is 52.8 Å². The Morgan fingerprint density at radius 3 is 1.90 bits per heavy atom. The van der Waals surface area contributed by atoms with Crippen molar-refractivity contribution in [3.63, 3.8) is 0 Å². The summed E-state index contributed by atoms with van der Waals surface area (Å²) in [6.45, 7) is 0. The van der Waals surface area contributed by atoms with Crippen LogP contribution in [0.3, 0.4) is 0 Å². The van der Waals surface area contributed by atoms with Gasteiger partial charge in [-0.05, 0) is 91.3 Å². The number of anilines is 2. The first-order chi connectivity index (χ1) is 29.3. The lowest BCUT2D eigenvalue weighted by atomic mass is 9.63. The standard InChI is InChI=1S/C57H39NS/c1-3-15-42(16-4-1)57(43-17-5-2-6-18-43)52-23-11-9-20-47(52)48-35-34-45(37-53(48)57)58(54-24-13-22-50-49-21-10-12-25-55(49)59-56(50)54)44-32-30-38(31-33-44)41-29-28-40-27-26-39-14-7-8-19-46(39)51(40)36-41/h1-37,48,53H. The fourth-order valence-corrected chi connectivity index (χ4v) is 11.6. The van der Waals surface area contributed by atoms with E-state index in [1.54, 1.807) is 0 Å². The van der Waals surface area contributed by atoms with Crippen LogP contribution in [0.5, 0.6) is 0 Å². The Morgan fingerprint density at radius 2 is 1.10 bits per heavy atom. The Hall–Kier alpha value is -7.00. The van der Waals surface area contributed by atoms with E-state index in [-0.39, 0.29) is 17.3 Å². The largest absolute Gasteiger partial charge is 0.309 e. The highest BCUT2D eigenvalue weighted by atomic mass is 32.1. The summed E-state index contributed by atoms with van der Waals surface area (Å²) in [6.07, 6.45) is 7.47. The zero-order valence-electron chi connectivity index (χ0n) is 32.4. The fourth-order valence-electron chi connectivity index (χ4n) is 10.4. The molecule has 9 aromatic carbocycles. The second kappa shape index (κ2) is 13.6. The maximum absolute atomic E-state index is 2.60. The Morgan fingerprint density at radius 1 is 0.475 bits per heavy atom. The van der Waals surface area contributed by atoms with E-state index in [2.05, 4.69) is 229 Å². The molecule has 1 aromatic heterocycles. The molecule has 0 saturated heterocycles. The van der Waals surface area contributed by atoms with Crippen LogP contribution in [0.1, 0.15) is 28.2 Å². The molecule has 2 aliphatic carbocycles. The van der Waals surface area contributed by atoms with Gasteiger partial charge in [0.05, 0.1) is 15.8 Å². The molecule has 2 atom stereocenters. The molecule has 0 amide bonds. The lowest BCUT2D eigenvalue weighted by Crippen LogP contribution is -2.36. The summed E-state index contributed by atoms with van der Waals surface area (Å²) in [6, 6.07) is 76.5. The van der Waals surface area contributed by atoms with Gasteiger partial charge < -0.3 is 4.90 Å². The molecule has 0 aliphatic heterocycles. The molecule has 2 aliphatic rings. The van der Waals surface area contributed by atoms with Gasteiger partial charge in [0.1, 0.15) is 0 Å². The van der Waals surface area contributed by atoms with Gasteiger partial charge in [-0.15, -0.1) is 11.3 Å². The van der Waals surface area contributed by atoms with E-state index in [4.69, 9.17) is 0 Å². The van der Waals surface area contributed by atoms with Crippen molar-refractivity contribution in [2.45, 2.75) is 11.3 Å². The molecule has 1 heterocycles. The normalized spacial score (nSPS) is 16.6. The molecule has 0 radical (unpaired) electrons. The van der Waals surface area contributed by atoms with Crippen LogP contribution in [0, 0.1) is 5.92 Å². The highest BCUT2D eigenvalue weighted by molar-refractivity contribution is 7.26. The first-order valence-corrected chi connectivity index (χ1v) is 21.4. The maximum atomic E-state index is 2.60. The lowest BCUT2D eigenvalue weighted by Gasteiger charge is -2.40. The molecular formula is C57H39NS. The zero-order chi connectivity index (χ0) is 38.9. The van der Waals surface area contributed by atoms with Crippen LogP contribution in [-0.2, 0) is 5.41 Å². The van der Waals surface area contributed by atoms with Crippen molar-refractivity contribution in [2.24, 2.45) is 5.92 Å². The van der Waals surface area contributed by atoms with Crippen molar-refractivity contribution >= 4 is 64.4 Å². The Bertz CT molecular complexity index is 3240. The zero-order valence-corrected chi connectivity index (χ0v) is 33.2. The second-order valence-electron chi connectivity index (χ2n) is 16.0. The summed E-state index contributed by atoms with van der Waals surface area (Å²) in [5.41, 5.74) is 11.0. The van der Waals surface area contributed by atoms with Crippen LogP contribution in [0.15, 0.2) is 230 Å². The van der Waals surface area contributed by atoms with E-state index in [1.807, 2.05) is 11.3 Å². The molecule has 0 N–H and O–H groups in total. The molecule has 278 valence electrons. The average Bonchev–Trinajstić information content (AvgIpc) is 3.84. The van der Waals surface area contributed by atoms with E-state index in [9.17, 15) is 0 Å². The van der Waals surface area contributed by atoms with Crippen molar-refractivity contribution in [1.82, 2.24) is 0 Å². The predicted octanol–water partition coefficient (Wildman–Crippen LogP) is 15.4. The molecule has 2 unspecified atom stereocenters. The van der Waals surface area contributed by atoms with Gasteiger partial charge in [0.15, 0.2) is 0 Å². The Balaban J connectivity index is 1.06. The third-order valence-electron chi connectivity index (χ3n) is 13.0. The van der Waals surface area contributed by atoms with Crippen molar-refractivity contribution in [3.05, 3.63) is 252 Å². The number of hydrogen-bond acceptors (Lipinski definition) is 2. The number of benzene rings is 9. The average molecular weight is 770 g/mol. The molecule has 2 heteroatoms. The Kier molecular flexibility index (Phi) is 7.83. The molecule has 0 saturated carbocycles. The van der Waals surface area contributed by atoms with Crippen LogP contribution in [0.2, 0.25) is 0 Å². The minimum Gasteiger partial charge on any atom is -0.309 e. The van der Waals surface area contributed by atoms with Gasteiger partial charge in [-0.2, -0.15) is 0 Å². The lowest BCUT2D eigenvalue weighted by molar-refractivity contribution is 0.454. The molecule has 0 bridgehead atoms. The first-order valence-electron chi connectivity index (χ1n) is 20.6. The van der Waals surface area contributed by atoms with E-state index in [0.717, 1.165) is 5.69 Å². The number of rotatable bonds is 6. The molecule has 1 nitrogen and oxygen atoms in total. The van der Waals surface area contributed by atoms with Crippen molar-refractivity contribution in [1.29, 1.82) is 0 Å². The molecule has 0 spiro atoms. The summed E-state index contributed by atoms with van der Waals surface area (Å²) < 4.78 is 2.60. The second-order valence-corrected chi connectivity index (χ2v) is 17.0. The molecule has 12 rings (SSSR count). The minimum atomic E-state index is -0.376. The van der Waals surface area contributed by atoms with Crippen LogP contribution < -0.4 is 4.90 Å². The highest BCUT2D eigenvalue weighted by Gasteiger charge is 2.53. The molecular weight excluding hydrogens is 731 g/mol. The van der Waals surface area contributed by atoms with Gasteiger partial charge in [0.2, 0.25) is 0 Å². The van der Waals surface area contributed by atoms with Crippen molar-refractivity contribution in [3.8, 4) is 11.1 Å². The van der Waals surface area contributed by atoms with Gasteiger partial charge in [-0.1, -0.05) is 188 Å². The smallest absolute Gasteiger partial charge is 0.0640 e. The maximum Gasteiger partial charge on any atom is 0.0640 e. The summed E-state index contributed by atoms with van der Waals surface area (Å²) >= 11 is 1.89. The van der Waals surface area contributed by atoms with Crippen LogP contribution in [-0.4, -0.2) is 0 Å². The quantitative estimate of drug-likeness (QED) is 0.152. The number of nitrogens with zero attached hydrogens (tertiary/aromatic N) is 1. The summed E-state index contributed by atoms with van der Waals surface area (Å²) in [4.78, 5) is 2.52. The topological polar surface area (TPSA) is 3.24 Å². The SMILES string of the molecule is C1=CC2c3ccccc3C(c3ccccc3)(c3ccccc3)C2C=C1N(c1ccc(-c2ccc3ccc4ccccc4c3c2)cc1)c1cccc2c1sc1ccccc12. The van der Waals surface area contributed by atoms with Crippen LogP contribution in [0.4, 0.5) is 11.4 Å². The van der Waals surface area contributed by atoms with Gasteiger partial charge in [-0.25, -0.2) is 0 Å². The first kappa shape index (κ1) is 34.1. The molecule has 59 heavy (non-hydrogen) atoms. The number of fused-ring (bicyclic) bond motifs is 9. The third kappa shape index (κ3) is 5.23. The molecule has 0 fully saturated rings. The summed E-state index contributed by atoms with van der Waals surface area (Å²) in [5, 5.41) is 7.70. The fraction of sp³-hybridized carbons (Fsp3) is 0.0526. The third-order valence-corrected chi connectivity index (χ3v) is 14.2. The number of thiophene rings is 1. The summed E-state index contributed by atoms with van der Waals surface area (Å²) in [7, 11) is 0. The van der Waals surface area contributed by atoms with E-state index in [1.165, 1.54) is 86.5 Å². The van der Waals surface area contributed by atoms with E-state index < -0.39 is 0 Å². The highest BCUT2D eigenvalue weighted by Crippen LogP contribution is 2.60. The summed E-state index contributed by atoms with van der Waals surface area (Å²) in [5.74, 6) is 0.365. The van der Waals surface area contributed by atoms with Crippen LogP contribution >= 0.6 is 11.3 Å². The number of allylic oxidation sites excluding steroid dienone is 3. The van der Waals surface area contributed by atoms with Gasteiger partial charge >= 0.3 is 0 Å². The van der Waals surface area contributed by atoms with E-state index >= 15 is 0 Å². The van der Waals surface area contributed by atoms with E-state index in [0.29, 0.717) is 0 Å². The number of hydrogen-bond donors (Lipinski definition) is 0. The minimum absolute atomic E-state index is 0.139. The van der Waals surface area contributed by atoms with Gasteiger partial charge in [-0.3, -0.25) is 0 Å². The van der Waals surface area contributed by atoms with Gasteiger partial charge in [0.25, 0.3) is 0 Å².